The van der Waals surface area contributed by atoms with Crippen LogP contribution in [0.4, 0.5) is 5.82 Å². The Kier molecular flexibility index (Phi) is 5.21. The highest BCUT2D eigenvalue weighted by atomic mass is 16.2. The molecule has 31 heavy (non-hydrogen) atoms. The van der Waals surface area contributed by atoms with Gasteiger partial charge in [-0.3, -0.25) is 4.79 Å². The minimum Gasteiger partial charge on any atom is -0.365 e. The number of carbonyl (C=O) groups excluding carboxylic acids is 1. The minimum atomic E-state index is 0.0901. The van der Waals surface area contributed by atoms with Crippen LogP contribution in [0.1, 0.15) is 28.5 Å². The summed E-state index contributed by atoms with van der Waals surface area (Å²) in [4.78, 5) is 21.4. The molecule has 8 nitrogen and oxygen atoms in total. The highest BCUT2D eigenvalue weighted by molar-refractivity contribution is 5.94. The van der Waals surface area contributed by atoms with E-state index in [0.717, 1.165) is 61.1 Å². The molecule has 0 atom stereocenters. The van der Waals surface area contributed by atoms with E-state index < -0.39 is 0 Å². The first-order valence-corrected chi connectivity index (χ1v) is 10.7. The van der Waals surface area contributed by atoms with E-state index in [-0.39, 0.29) is 5.91 Å². The van der Waals surface area contributed by atoms with Gasteiger partial charge in [0, 0.05) is 55.6 Å². The number of benzene rings is 1. The summed E-state index contributed by atoms with van der Waals surface area (Å²) in [6.45, 7) is 7.28. The van der Waals surface area contributed by atoms with Gasteiger partial charge in [0.05, 0.1) is 11.9 Å². The Balaban J connectivity index is 1.30. The molecule has 0 bridgehead atoms. The maximum Gasteiger partial charge on any atom is 0.253 e. The number of aromatic nitrogens is 4. The molecule has 4 heterocycles. The Hall–Kier alpha value is -3.52. The van der Waals surface area contributed by atoms with Crippen LogP contribution < -0.4 is 5.32 Å². The summed E-state index contributed by atoms with van der Waals surface area (Å²) in [5.41, 5.74) is 4.50. The number of nitrogens with one attached hydrogen (secondary N) is 1. The van der Waals surface area contributed by atoms with Crippen LogP contribution in [0.25, 0.3) is 17.3 Å². The Morgan fingerprint density at radius 3 is 2.68 bits per heavy atom. The van der Waals surface area contributed by atoms with Crippen molar-refractivity contribution < 1.29 is 4.79 Å². The lowest BCUT2D eigenvalue weighted by Crippen LogP contribution is -2.48. The second kappa shape index (κ2) is 8.31. The first-order valence-electron chi connectivity index (χ1n) is 10.7. The van der Waals surface area contributed by atoms with Crippen molar-refractivity contribution in [3.63, 3.8) is 0 Å². The van der Waals surface area contributed by atoms with Gasteiger partial charge in [0.15, 0.2) is 0 Å². The van der Waals surface area contributed by atoms with Crippen LogP contribution in [0, 0.1) is 0 Å². The molecule has 1 N–H and O–H groups in total. The van der Waals surface area contributed by atoms with Crippen molar-refractivity contribution >= 4 is 23.4 Å². The fourth-order valence-corrected chi connectivity index (χ4v) is 4.01. The maximum absolute atomic E-state index is 12.8. The molecule has 2 aliphatic rings. The lowest BCUT2D eigenvalue weighted by molar-refractivity contribution is 0.0643. The molecule has 0 saturated carbocycles. The molecule has 8 heteroatoms. The zero-order chi connectivity index (χ0) is 21.2. The SMILES string of the molecule is CCN1CCN(C(=O)c2ccc(-n3cc(C4=Cc5cccnc5NC4)nn3)cc2)CC1. The summed E-state index contributed by atoms with van der Waals surface area (Å²) in [5, 5.41) is 11.9. The van der Waals surface area contributed by atoms with Gasteiger partial charge in [0.1, 0.15) is 11.5 Å². The molecular formula is C23H25N7O. The van der Waals surface area contributed by atoms with Gasteiger partial charge in [-0.25, -0.2) is 9.67 Å². The number of hydrogen-bond donors (Lipinski definition) is 1. The molecule has 5 rings (SSSR count). The van der Waals surface area contributed by atoms with Crippen LogP contribution in [0.15, 0.2) is 48.8 Å². The topological polar surface area (TPSA) is 79.2 Å². The van der Waals surface area contributed by atoms with Crippen molar-refractivity contribution in [3.8, 4) is 5.69 Å². The van der Waals surface area contributed by atoms with Gasteiger partial charge in [-0.15, -0.1) is 5.10 Å². The predicted octanol–water partition coefficient (Wildman–Crippen LogP) is 2.41. The summed E-state index contributed by atoms with van der Waals surface area (Å²) in [6.07, 6.45) is 5.78. The number of fused-ring (bicyclic) bond motifs is 1. The molecule has 2 aliphatic heterocycles. The van der Waals surface area contributed by atoms with Crippen molar-refractivity contribution in [3.05, 3.63) is 65.6 Å². The second-order valence-corrected chi connectivity index (χ2v) is 7.79. The number of anilines is 1. The van der Waals surface area contributed by atoms with E-state index >= 15 is 0 Å². The Morgan fingerprint density at radius 1 is 1.10 bits per heavy atom. The molecule has 0 unspecified atom stereocenters. The van der Waals surface area contributed by atoms with Gasteiger partial charge < -0.3 is 15.1 Å². The quantitative estimate of drug-likeness (QED) is 0.705. The molecule has 1 fully saturated rings. The summed E-state index contributed by atoms with van der Waals surface area (Å²) >= 11 is 0. The number of piperazine rings is 1. The Bertz CT molecular complexity index is 1110. The van der Waals surface area contributed by atoms with Gasteiger partial charge in [0.25, 0.3) is 5.91 Å². The fraction of sp³-hybridized carbons (Fsp3) is 0.304. The molecule has 2 aromatic heterocycles. The third-order valence-electron chi connectivity index (χ3n) is 5.92. The van der Waals surface area contributed by atoms with E-state index in [0.29, 0.717) is 12.1 Å². The summed E-state index contributed by atoms with van der Waals surface area (Å²) in [6, 6.07) is 11.5. The molecule has 0 spiro atoms. The number of likely N-dealkylation sites (N-methyl/N-ethyl adjacent to an activating group) is 1. The fourth-order valence-electron chi connectivity index (χ4n) is 4.01. The average molecular weight is 416 g/mol. The standard InChI is InChI=1S/C23H25N7O/c1-2-28-10-12-29(13-11-28)23(31)17-5-7-20(8-6-17)30-16-21(26-27-30)19-14-18-4-3-9-24-22(18)25-15-19/h3-9,14,16H,2,10-13,15H2,1H3,(H,24,25). The van der Waals surface area contributed by atoms with Crippen molar-refractivity contribution in [2.75, 3.05) is 44.6 Å². The van der Waals surface area contributed by atoms with Gasteiger partial charge >= 0.3 is 0 Å². The number of nitrogens with zero attached hydrogens (tertiary/aromatic N) is 6. The molecule has 1 amide bonds. The monoisotopic (exact) mass is 415 g/mol. The van der Waals surface area contributed by atoms with Crippen LogP contribution >= 0.6 is 0 Å². The smallest absolute Gasteiger partial charge is 0.253 e. The molecule has 1 aromatic carbocycles. The number of rotatable bonds is 4. The van der Waals surface area contributed by atoms with E-state index in [1.807, 2.05) is 47.5 Å². The highest BCUT2D eigenvalue weighted by Crippen LogP contribution is 2.26. The largest absolute Gasteiger partial charge is 0.365 e. The van der Waals surface area contributed by atoms with Crippen LogP contribution in [-0.4, -0.2) is 75.0 Å². The Labute approximate surface area is 181 Å². The van der Waals surface area contributed by atoms with Crippen molar-refractivity contribution in [1.29, 1.82) is 0 Å². The number of carbonyl (C=O) groups is 1. The molecule has 3 aromatic rings. The predicted molar refractivity (Wildman–Crippen MR) is 120 cm³/mol. The van der Waals surface area contributed by atoms with Crippen molar-refractivity contribution in [2.24, 2.45) is 0 Å². The summed E-state index contributed by atoms with van der Waals surface area (Å²) in [5.74, 6) is 0.974. The van der Waals surface area contributed by atoms with Crippen molar-refractivity contribution in [2.45, 2.75) is 6.92 Å². The summed E-state index contributed by atoms with van der Waals surface area (Å²) < 4.78 is 1.74. The van der Waals surface area contributed by atoms with E-state index in [1.54, 1.807) is 10.9 Å². The van der Waals surface area contributed by atoms with Crippen LogP contribution in [0.2, 0.25) is 0 Å². The first-order chi connectivity index (χ1) is 15.2. The van der Waals surface area contributed by atoms with E-state index in [2.05, 4.69) is 38.5 Å². The maximum atomic E-state index is 12.8. The normalized spacial score (nSPS) is 16.4. The first kappa shape index (κ1) is 19.4. The average Bonchev–Trinajstić information content (AvgIpc) is 3.34. The van der Waals surface area contributed by atoms with E-state index in [1.165, 1.54) is 0 Å². The number of amides is 1. The number of pyridine rings is 1. The lowest BCUT2D eigenvalue weighted by Gasteiger charge is -2.34. The highest BCUT2D eigenvalue weighted by Gasteiger charge is 2.21. The van der Waals surface area contributed by atoms with Crippen LogP contribution in [-0.2, 0) is 0 Å². The molecular weight excluding hydrogens is 390 g/mol. The van der Waals surface area contributed by atoms with Crippen LogP contribution in [0.3, 0.4) is 0 Å². The van der Waals surface area contributed by atoms with Gasteiger partial charge in [-0.2, -0.15) is 0 Å². The summed E-state index contributed by atoms with van der Waals surface area (Å²) in [7, 11) is 0. The third kappa shape index (κ3) is 3.94. The van der Waals surface area contributed by atoms with Gasteiger partial charge in [0.2, 0.25) is 0 Å². The zero-order valence-corrected chi connectivity index (χ0v) is 17.5. The molecule has 0 radical (unpaired) electrons. The van der Waals surface area contributed by atoms with Gasteiger partial charge in [-0.1, -0.05) is 12.1 Å². The molecule has 158 valence electrons. The van der Waals surface area contributed by atoms with Crippen molar-refractivity contribution in [1.82, 2.24) is 29.8 Å². The second-order valence-electron chi connectivity index (χ2n) is 7.79. The van der Waals surface area contributed by atoms with E-state index in [9.17, 15) is 4.79 Å². The van der Waals surface area contributed by atoms with Crippen LogP contribution in [0.5, 0.6) is 0 Å². The minimum absolute atomic E-state index is 0.0901. The molecule has 0 aliphatic carbocycles. The lowest BCUT2D eigenvalue weighted by atomic mass is 10.1. The molecule has 1 saturated heterocycles. The Morgan fingerprint density at radius 2 is 1.90 bits per heavy atom. The van der Waals surface area contributed by atoms with E-state index in [4.69, 9.17) is 0 Å². The number of hydrogen-bond acceptors (Lipinski definition) is 6. The zero-order valence-electron chi connectivity index (χ0n) is 17.5. The van der Waals surface area contributed by atoms with Gasteiger partial charge in [-0.05, 0) is 49.0 Å². The third-order valence-corrected chi connectivity index (χ3v) is 5.92.